The summed E-state index contributed by atoms with van der Waals surface area (Å²) in [7, 11) is 1.41. The van der Waals surface area contributed by atoms with Gasteiger partial charge in [-0.2, -0.15) is 0 Å². The van der Waals surface area contributed by atoms with Crippen molar-refractivity contribution >= 4 is 17.4 Å². The molecule has 110 valence electrons. The van der Waals surface area contributed by atoms with Crippen LogP contribution in [0.3, 0.4) is 0 Å². The molecular weight excluding hydrogens is 254 g/mol. The number of methoxy groups -OCH3 is 1. The van der Waals surface area contributed by atoms with Gasteiger partial charge in [-0.15, -0.1) is 0 Å². The standard InChI is InChI=1S/C16H23NO3/c1-3-15(18)13-8-10-14(11-9-13)17-12-6-4-5-7-16(19)20-2/h8-11,17H,3-7,12H2,1-2H3. The maximum Gasteiger partial charge on any atom is 0.305 e. The minimum atomic E-state index is -0.144. The Kier molecular flexibility index (Phi) is 7.40. The highest BCUT2D eigenvalue weighted by molar-refractivity contribution is 5.96. The highest BCUT2D eigenvalue weighted by Crippen LogP contribution is 2.11. The second-order valence-electron chi connectivity index (χ2n) is 4.67. The van der Waals surface area contributed by atoms with Crippen molar-refractivity contribution in [2.75, 3.05) is 19.0 Å². The number of unbranched alkanes of at least 4 members (excludes halogenated alkanes) is 2. The van der Waals surface area contributed by atoms with Crippen LogP contribution in [0.1, 0.15) is 49.4 Å². The predicted octanol–water partition coefficient (Wildman–Crippen LogP) is 3.42. The monoisotopic (exact) mass is 277 g/mol. The van der Waals surface area contributed by atoms with E-state index in [-0.39, 0.29) is 11.8 Å². The molecule has 0 saturated heterocycles. The first kappa shape index (κ1) is 16.2. The lowest BCUT2D eigenvalue weighted by atomic mass is 10.1. The Morgan fingerprint density at radius 2 is 1.80 bits per heavy atom. The number of carbonyl (C=O) groups excluding carboxylic acids is 2. The van der Waals surface area contributed by atoms with Gasteiger partial charge in [0.15, 0.2) is 5.78 Å². The zero-order valence-electron chi connectivity index (χ0n) is 12.3. The van der Waals surface area contributed by atoms with E-state index in [0.29, 0.717) is 12.8 Å². The fourth-order valence-corrected chi connectivity index (χ4v) is 1.88. The van der Waals surface area contributed by atoms with Crippen molar-refractivity contribution in [1.82, 2.24) is 0 Å². The van der Waals surface area contributed by atoms with Gasteiger partial charge in [0.1, 0.15) is 0 Å². The SMILES string of the molecule is CCC(=O)c1ccc(NCCCCCC(=O)OC)cc1. The maximum absolute atomic E-state index is 11.5. The van der Waals surface area contributed by atoms with E-state index < -0.39 is 0 Å². The second kappa shape index (κ2) is 9.13. The zero-order chi connectivity index (χ0) is 14.8. The number of nitrogens with one attached hydrogen (secondary N) is 1. The normalized spacial score (nSPS) is 10.1. The van der Waals surface area contributed by atoms with Crippen LogP contribution >= 0.6 is 0 Å². The van der Waals surface area contributed by atoms with E-state index >= 15 is 0 Å². The van der Waals surface area contributed by atoms with Crippen LogP contribution < -0.4 is 5.32 Å². The van der Waals surface area contributed by atoms with Gasteiger partial charge in [-0.3, -0.25) is 9.59 Å². The third-order valence-corrected chi connectivity index (χ3v) is 3.14. The molecule has 0 radical (unpaired) electrons. The Hall–Kier alpha value is -1.84. The molecule has 1 rings (SSSR count). The molecule has 1 aromatic rings. The first-order valence-corrected chi connectivity index (χ1v) is 7.11. The number of anilines is 1. The zero-order valence-corrected chi connectivity index (χ0v) is 12.3. The fourth-order valence-electron chi connectivity index (χ4n) is 1.88. The predicted molar refractivity (Wildman–Crippen MR) is 80.0 cm³/mol. The van der Waals surface area contributed by atoms with E-state index in [4.69, 9.17) is 0 Å². The lowest BCUT2D eigenvalue weighted by Gasteiger charge is -2.07. The van der Waals surface area contributed by atoms with E-state index in [1.54, 1.807) is 0 Å². The number of benzene rings is 1. The summed E-state index contributed by atoms with van der Waals surface area (Å²) >= 11 is 0. The summed E-state index contributed by atoms with van der Waals surface area (Å²) in [5, 5.41) is 3.30. The third kappa shape index (κ3) is 5.87. The number of carbonyl (C=O) groups is 2. The molecule has 0 saturated carbocycles. The summed E-state index contributed by atoms with van der Waals surface area (Å²) in [5.74, 6) is 0.0218. The van der Waals surface area contributed by atoms with Crippen LogP contribution in [-0.2, 0) is 9.53 Å². The van der Waals surface area contributed by atoms with Crippen LogP contribution in [-0.4, -0.2) is 25.4 Å². The van der Waals surface area contributed by atoms with E-state index in [1.165, 1.54) is 7.11 Å². The van der Waals surface area contributed by atoms with Crippen LogP contribution in [0.5, 0.6) is 0 Å². The number of ketones is 1. The van der Waals surface area contributed by atoms with Gasteiger partial charge in [-0.25, -0.2) is 0 Å². The van der Waals surface area contributed by atoms with Crippen LogP contribution in [0, 0.1) is 0 Å². The lowest BCUT2D eigenvalue weighted by molar-refractivity contribution is -0.140. The van der Waals surface area contributed by atoms with E-state index in [1.807, 2.05) is 31.2 Å². The maximum atomic E-state index is 11.5. The summed E-state index contributed by atoms with van der Waals surface area (Å²) in [6.45, 7) is 2.73. The topological polar surface area (TPSA) is 55.4 Å². The molecule has 0 aliphatic heterocycles. The van der Waals surface area contributed by atoms with Gasteiger partial charge >= 0.3 is 5.97 Å². The van der Waals surface area contributed by atoms with Crippen molar-refractivity contribution in [1.29, 1.82) is 0 Å². The highest BCUT2D eigenvalue weighted by atomic mass is 16.5. The van der Waals surface area contributed by atoms with Gasteiger partial charge in [-0.1, -0.05) is 13.3 Å². The van der Waals surface area contributed by atoms with Gasteiger partial charge in [-0.05, 0) is 37.1 Å². The first-order chi connectivity index (χ1) is 9.67. The number of Topliss-reactive ketones (excluding diaryl/α,β-unsaturated/α-hetero) is 1. The second-order valence-corrected chi connectivity index (χ2v) is 4.67. The molecule has 20 heavy (non-hydrogen) atoms. The Bertz CT molecular complexity index is 426. The van der Waals surface area contributed by atoms with Crippen molar-refractivity contribution in [2.24, 2.45) is 0 Å². The minimum absolute atomic E-state index is 0.144. The van der Waals surface area contributed by atoms with Gasteiger partial charge < -0.3 is 10.1 Å². The summed E-state index contributed by atoms with van der Waals surface area (Å²) in [6.07, 6.45) is 3.89. The molecule has 1 aromatic carbocycles. The van der Waals surface area contributed by atoms with Crippen molar-refractivity contribution in [3.63, 3.8) is 0 Å². The van der Waals surface area contributed by atoms with Crippen LogP contribution in [0.15, 0.2) is 24.3 Å². The van der Waals surface area contributed by atoms with Crippen molar-refractivity contribution in [3.05, 3.63) is 29.8 Å². The summed E-state index contributed by atoms with van der Waals surface area (Å²) in [4.78, 5) is 22.4. The highest BCUT2D eigenvalue weighted by Gasteiger charge is 2.02. The average Bonchev–Trinajstić information content (AvgIpc) is 2.50. The average molecular weight is 277 g/mol. The molecule has 0 bridgehead atoms. The largest absolute Gasteiger partial charge is 0.469 e. The number of hydrogen-bond acceptors (Lipinski definition) is 4. The van der Waals surface area contributed by atoms with Crippen molar-refractivity contribution in [3.8, 4) is 0 Å². The summed E-state index contributed by atoms with van der Waals surface area (Å²) in [5.41, 5.74) is 1.78. The number of hydrogen-bond donors (Lipinski definition) is 1. The Balaban J connectivity index is 2.19. The Morgan fingerprint density at radius 3 is 2.40 bits per heavy atom. The molecule has 0 amide bonds. The third-order valence-electron chi connectivity index (χ3n) is 3.14. The smallest absolute Gasteiger partial charge is 0.305 e. The summed E-state index contributed by atoms with van der Waals surface area (Å²) < 4.78 is 4.58. The number of rotatable bonds is 9. The summed E-state index contributed by atoms with van der Waals surface area (Å²) in [6, 6.07) is 7.56. The van der Waals surface area contributed by atoms with Gasteiger partial charge in [0.25, 0.3) is 0 Å². The molecule has 1 N–H and O–H groups in total. The minimum Gasteiger partial charge on any atom is -0.469 e. The number of esters is 1. The van der Waals surface area contributed by atoms with Crippen LogP contribution in [0.2, 0.25) is 0 Å². The lowest BCUT2D eigenvalue weighted by Crippen LogP contribution is -2.03. The molecule has 4 nitrogen and oxygen atoms in total. The Labute approximate surface area is 120 Å². The van der Waals surface area contributed by atoms with Gasteiger partial charge in [0.2, 0.25) is 0 Å². The molecule has 0 aliphatic carbocycles. The van der Waals surface area contributed by atoms with E-state index in [2.05, 4.69) is 10.1 Å². The van der Waals surface area contributed by atoms with Crippen molar-refractivity contribution in [2.45, 2.75) is 39.0 Å². The fraction of sp³-hybridized carbons (Fsp3) is 0.500. The first-order valence-electron chi connectivity index (χ1n) is 7.11. The molecule has 0 spiro atoms. The molecule has 0 heterocycles. The molecule has 4 heteroatoms. The van der Waals surface area contributed by atoms with E-state index in [0.717, 1.165) is 37.1 Å². The molecule has 0 aliphatic rings. The van der Waals surface area contributed by atoms with Crippen LogP contribution in [0.4, 0.5) is 5.69 Å². The van der Waals surface area contributed by atoms with E-state index in [9.17, 15) is 9.59 Å². The molecule has 0 atom stereocenters. The number of ether oxygens (including phenoxy) is 1. The Morgan fingerprint density at radius 1 is 1.10 bits per heavy atom. The van der Waals surface area contributed by atoms with Gasteiger partial charge in [0.05, 0.1) is 7.11 Å². The van der Waals surface area contributed by atoms with Crippen LogP contribution in [0.25, 0.3) is 0 Å². The quantitative estimate of drug-likeness (QED) is 0.427. The van der Waals surface area contributed by atoms with Crippen molar-refractivity contribution < 1.29 is 14.3 Å². The van der Waals surface area contributed by atoms with Gasteiger partial charge in [0, 0.05) is 30.6 Å². The molecular formula is C16H23NO3. The molecule has 0 unspecified atom stereocenters. The molecule has 0 fully saturated rings. The molecule has 0 aromatic heterocycles.